The largest absolute Gasteiger partial charge is 0.352 e. The lowest BCUT2D eigenvalue weighted by atomic mass is 10.1. The van der Waals surface area contributed by atoms with Gasteiger partial charge in [0.05, 0.1) is 12.5 Å². The van der Waals surface area contributed by atoms with Crippen molar-refractivity contribution in [3.63, 3.8) is 0 Å². The number of nitrogens with zero attached hydrogens (tertiary/aromatic N) is 3. The lowest BCUT2D eigenvalue weighted by molar-refractivity contribution is -0.134. The first-order valence-corrected chi connectivity index (χ1v) is 10.1. The van der Waals surface area contributed by atoms with Crippen molar-refractivity contribution in [3.8, 4) is 0 Å². The minimum absolute atomic E-state index is 0.0535. The highest BCUT2D eigenvalue weighted by Crippen LogP contribution is 2.17. The fourth-order valence-corrected chi connectivity index (χ4v) is 4.48. The molecule has 3 rings (SSSR count). The number of aromatic nitrogens is 1. The molecule has 2 aliphatic heterocycles. The van der Waals surface area contributed by atoms with E-state index in [1.54, 1.807) is 11.8 Å². The standard InChI is InChI=1S/C18H28N4O2S/c1-13-9-15(14(2)20(13)3)10-17(23)21-5-4-6-22(8-7-21)18(24)16-11-25-12-19-16/h9,16,19H,4-8,10-12H2,1-3H3. The molecule has 2 fully saturated rings. The van der Waals surface area contributed by atoms with Crippen LogP contribution < -0.4 is 5.32 Å². The zero-order valence-electron chi connectivity index (χ0n) is 15.4. The summed E-state index contributed by atoms with van der Waals surface area (Å²) in [4.78, 5) is 29.1. The first-order chi connectivity index (χ1) is 12.0. The minimum Gasteiger partial charge on any atom is -0.352 e. The van der Waals surface area contributed by atoms with E-state index in [0.29, 0.717) is 19.5 Å². The number of thioether (sulfide) groups is 1. The van der Waals surface area contributed by atoms with Crippen molar-refractivity contribution < 1.29 is 9.59 Å². The monoisotopic (exact) mass is 364 g/mol. The average Bonchev–Trinajstić information content (AvgIpc) is 3.12. The summed E-state index contributed by atoms with van der Waals surface area (Å²) in [5, 5.41) is 3.24. The van der Waals surface area contributed by atoms with E-state index < -0.39 is 0 Å². The number of nitrogens with one attached hydrogen (secondary N) is 1. The summed E-state index contributed by atoms with van der Waals surface area (Å²) in [7, 11) is 2.03. The van der Waals surface area contributed by atoms with Crippen LogP contribution >= 0.6 is 11.8 Å². The van der Waals surface area contributed by atoms with Gasteiger partial charge in [0, 0.05) is 56.2 Å². The number of hydrogen-bond acceptors (Lipinski definition) is 4. The van der Waals surface area contributed by atoms with Gasteiger partial charge in [0.1, 0.15) is 0 Å². The third-order valence-corrected chi connectivity index (χ3v) is 6.34. The van der Waals surface area contributed by atoms with Crippen LogP contribution in [-0.2, 0) is 23.1 Å². The summed E-state index contributed by atoms with van der Waals surface area (Å²) in [6.07, 6.45) is 1.30. The molecule has 2 saturated heterocycles. The van der Waals surface area contributed by atoms with Gasteiger partial charge < -0.3 is 14.4 Å². The maximum absolute atomic E-state index is 12.7. The normalized spacial score (nSPS) is 21.5. The molecule has 7 heteroatoms. The fourth-order valence-electron chi connectivity index (χ4n) is 3.55. The molecule has 1 atom stereocenters. The van der Waals surface area contributed by atoms with Gasteiger partial charge in [0.25, 0.3) is 0 Å². The van der Waals surface area contributed by atoms with E-state index in [2.05, 4.69) is 29.8 Å². The van der Waals surface area contributed by atoms with Crippen molar-refractivity contribution >= 4 is 23.6 Å². The van der Waals surface area contributed by atoms with Gasteiger partial charge in [-0.2, -0.15) is 0 Å². The molecule has 2 aliphatic rings. The van der Waals surface area contributed by atoms with Crippen LogP contribution in [0.15, 0.2) is 6.07 Å². The van der Waals surface area contributed by atoms with Crippen molar-refractivity contribution in [2.24, 2.45) is 7.05 Å². The van der Waals surface area contributed by atoms with Crippen LogP contribution in [0.3, 0.4) is 0 Å². The molecule has 2 amide bonds. The highest BCUT2D eigenvalue weighted by atomic mass is 32.2. The van der Waals surface area contributed by atoms with Gasteiger partial charge in [-0.15, -0.1) is 11.8 Å². The number of carbonyl (C=O) groups excluding carboxylic acids is 2. The second-order valence-corrected chi connectivity index (χ2v) is 7.99. The van der Waals surface area contributed by atoms with E-state index >= 15 is 0 Å². The van der Waals surface area contributed by atoms with E-state index in [1.165, 1.54) is 5.69 Å². The van der Waals surface area contributed by atoms with Gasteiger partial charge in [0.15, 0.2) is 0 Å². The maximum atomic E-state index is 12.7. The average molecular weight is 365 g/mol. The zero-order chi connectivity index (χ0) is 18.0. The number of amides is 2. The van der Waals surface area contributed by atoms with E-state index in [1.807, 2.05) is 16.8 Å². The molecule has 0 saturated carbocycles. The summed E-state index contributed by atoms with van der Waals surface area (Å²) < 4.78 is 2.12. The maximum Gasteiger partial charge on any atom is 0.240 e. The van der Waals surface area contributed by atoms with E-state index in [-0.39, 0.29) is 17.9 Å². The molecule has 1 aromatic heterocycles. The molecule has 1 N–H and O–H groups in total. The number of carbonyl (C=O) groups is 2. The van der Waals surface area contributed by atoms with Gasteiger partial charge in [-0.3, -0.25) is 14.9 Å². The van der Waals surface area contributed by atoms with Crippen LogP contribution in [0.5, 0.6) is 0 Å². The molecule has 0 radical (unpaired) electrons. The Hall–Kier alpha value is -1.47. The highest BCUT2D eigenvalue weighted by molar-refractivity contribution is 7.99. The second kappa shape index (κ2) is 7.83. The van der Waals surface area contributed by atoms with Crippen LogP contribution in [0.2, 0.25) is 0 Å². The Morgan fingerprint density at radius 3 is 2.56 bits per heavy atom. The first-order valence-electron chi connectivity index (χ1n) is 8.97. The fraction of sp³-hybridized carbons (Fsp3) is 0.667. The Balaban J connectivity index is 1.57. The molecular weight excluding hydrogens is 336 g/mol. The summed E-state index contributed by atoms with van der Waals surface area (Å²) in [5.74, 6) is 2.06. The second-order valence-electron chi connectivity index (χ2n) is 6.96. The SMILES string of the molecule is Cc1cc(CC(=O)N2CCCN(C(=O)C3CSCN3)CC2)c(C)n1C. The molecular formula is C18H28N4O2S. The van der Waals surface area contributed by atoms with Crippen LogP contribution in [-0.4, -0.2) is 70.0 Å². The molecule has 0 spiro atoms. The summed E-state index contributed by atoms with van der Waals surface area (Å²) >= 11 is 1.77. The zero-order valence-corrected chi connectivity index (χ0v) is 16.2. The van der Waals surface area contributed by atoms with Crippen LogP contribution in [0.4, 0.5) is 0 Å². The molecule has 0 aliphatic carbocycles. The van der Waals surface area contributed by atoms with Gasteiger partial charge >= 0.3 is 0 Å². The summed E-state index contributed by atoms with van der Waals surface area (Å²) in [6, 6.07) is 2.05. The van der Waals surface area contributed by atoms with Crippen molar-refractivity contribution in [3.05, 3.63) is 23.0 Å². The van der Waals surface area contributed by atoms with Crippen LogP contribution in [0.1, 0.15) is 23.4 Å². The van der Waals surface area contributed by atoms with Crippen molar-refractivity contribution in [1.82, 2.24) is 19.7 Å². The first kappa shape index (κ1) is 18.3. The number of rotatable bonds is 3. The van der Waals surface area contributed by atoms with Crippen molar-refractivity contribution in [2.75, 3.05) is 37.8 Å². The Labute approximate surface area is 153 Å². The van der Waals surface area contributed by atoms with Crippen molar-refractivity contribution in [2.45, 2.75) is 32.7 Å². The van der Waals surface area contributed by atoms with Gasteiger partial charge in [-0.05, 0) is 31.9 Å². The Kier molecular flexibility index (Phi) is 5.74. The third kappa shape index (κ3) is 4.03. The van der Waals surface area contributed by atoms with E-state index in [0.717, 1.165) is 42.4 Å². The lowest BCUT2D eigenvalue weighted by Crippen LogP contribution is -2.46. The lowest BCUT2D eigenvalue weighted by Gasteiger charge is -2.24. The summed E-state index contributed by atoms with van der Waals surface area (Å²) in [5.41, 5.74) is 3.44. The molecule has 0 bridgehead atoms. The molecule has 25 heavy (non-hydrogen) atoms. The molecule has 1 aromatic rings. The van der Waals surface area contributed by atoms with Crippen LogP contribution in [0.25, 0.3) is 0 Å². The molecule has 6 nitrogen and oxygen atoms in total. The van der Waals surface area contributed by atoms with Crippen LogP contribution in [0, 0.1) is 13.8 Å². The van der Waals surface area contributed by atoms with Gasteiger partial charge in [-0.1, -0.05) is 0 Å². The predicted octanol–water partition coefficient (Wildman–Crippen LogP) is 0.908. The van der Waals surface area contributed by atoms with Gasteiger partial charge in [-0.25, -0.2) is 0 Å². The van der Waals surface area contributed by atoms with E-state index in [9.17, 15) is 9.59 Å². The molecule has 0 aromatic carbocycles. The molecule has 138 valence electrons. The number of aryl methyl sites for hydroxylation is 1. The smallest absolute Gasteiger partial charge is 0.240 e. The molecule has 3 heterocycles. The van der Waals surface area contributed by atoms with E-state index in [4.69, 9.17) is 0 Å². The Bertz CT molecular complexity index is 652. The highest BCUT2D eigenvalue weighted by Gasteiger charge is 2.29. The molecule has 1 unspecified atom stereocenters. The minimum atomic E-state index is -0.0535. The topological polar surface area (TPSA) is 57.6 Å². The third-order valence-electron chi connectivity index (χ3n) is 5.40. The predicted molar refractivity (Wildman–Crippen MR) is 101 cm³/mol. The Morgan fingerprint density at radius 2 is 1.92 bits per heavy atom. The number of hydrogen-bond donors (Lipinski definition) is 1. The quantitative estimate of drug-likeness (QED) is 0.866. The Morgan fingerprint density at radius 1 is 1.20 bits per heavy atom. The van der Waals surface area contributed by atoms with Gasteiger partial charge in [0.2, 0.25) is 11.8 Å². The van der Waals surface area contributed by atoms with Crippen molar-refractivity contribution in [1.29, 1.82) is 0 Å². The summed E-state index contributed by atoms with van der Waals surface area (Å²) in [6.45, 7) is 6.88.